The standard InChI is InChI=1S/C17H14F2N2O2S/c1-24-13-7-11(6-12(19)8-13)9-22-15-3-5-20-16-14(15)2-4-21-17(16)23-10-18/h2-8H,9-10H2,1H3. The average Bonchev–Trinajstić information content (AvgIpc) is 2.60. The molecule has 0 radical (unpaired) electrons. The Labute approximate surface area is 141 Å². The predicted molar refractivity (Wildman–Crippen MR) is 88.7 cm³/mol. The summed E-state index contributed by atoms with van der Waals surface area (Å²) in [5, 5.41) is 0.650. The van der Waals surface area contributed by atoms with E-state index < -0.39 is 6.86 Å². The largest absolute Gasteiger partial charge is 0.488 e. The van der Waals surface area contributed by atoms with Crippen LogP contribution < -0.4 is 9.47 Å². The summed E-state index contributed by atoms with van der Waals surface area (Å²) >= 11 is 1.46. The van der Waals surface area contributed by atoms with Crippen LogP contribution in [0.2, 0.25) is 0 Å². The van der Waals surface area contributed by atoms with Crippen molar-refractivity contribution < 1.29 is 18.3 Å². The molecular weight excluding hydrogens is 334 g/mol. The normalized spacial score (nSPS) is 10.8. The molecule has 0 bridgehead atoms. The fourth-order valence-corrected chi connectivity index (χ4v) is 2.79. The molecule has 7 heteroatoms. The fraction of sp³-hybridized carbons (Fsp3) is 0.176. The van der Waals surface area contributed by atoms with Crippen molar-refractivity contribution >= 4 is 22.7 Å². The van der Waals surface area contributed by atoms with E-state index >= 15 is 0 Å². The van der Waals surface area contributed by atoms with Crippen LogP contribution in [0.15, 0.2) is 47.6 Å². The van der Waals surface area contributed by atoms with Crippen molar-refractivity contribution in [2.45, 2.75) is 11.5 Å². The molecule has 0 saturated heterocycles. The van der Waals surface area contributed by atoms with E-state index in [1.54, 1.807) is 12.1 Å². The number of alkyl halides is 1. The summed E-state index contributed by atoms with van der Waals surface area (Å²) in [7, 11) is 0. The van der Waals surface area contributed by atoms with Gasteiger partial charge in [0.25, 0.3) is 0 Å². The zero-order valence-electron chi connectivity index (χ0n) is 12.8. The number of rotatable bonds is 6. The van der Waals surface area contributed by atoms with Crippen molar-refractivity contribution in [1.82, 2.24) is 9.97 Å². The maximum atomic E-state index is 13.6. The monoisotopic (exact) mass is 348 g/mol. The summed E-state index contributed by atoms with van der Waals surface area (Å²) in [5.74, 6) is 0.347. The summed E-state index contributed by atoms with van der Waals surface area (Å²) < 4.78 is 36.7. The van der Waals surface area contributed by atoms with Gasteiger partial charge in [-0.3, -0.25) is 4.98 Å². The van der Waals surface area contributed by atoms with Crippen LogP contribution in [0.4, 0.5) is 8.78 Å². The van der Waals surface area contributed by atoms with Gasteiger partial charge >= 0.3 is 0 Å². The molecule has 0 unspecified atom stereocenters. The van der Waals surface area contributed by atoms with Crippen molar-refractivity contribution in [3.05, 3.63) is 54.1 Å². The molecule has 0 fully saturated rings. The summed E-state index contributed by atoms with van der Waals surface area (Å²) in [6.07, 6.45) is 4.91. The van der Waals surface area contributed by atoms with Gasteiger partial charge in [0.1, 0.15) is 23.7 Å². The Kier molecular flexibility index (Phi) is 5.10. The molecule has 4 nitrogen and oxygen atoms in total. The van der Waals surface area contributed by atoms with Crippen molar-refractivity contribution in [3.63, 3.8) is 0 Å². The molecule has 0 saturated carbocycles. The van der Waals surface area contributed by atoms with Gasteiger partial charge in [0, 0.05) is 22.7 Å². The van der Waals surface area contributed by atoms with Crippen LogP contribution >= 0.6 is 11.8 Å². The molecule has 2 heterocycles. The molecule has 0 atom stereocenters. The molecule has 1 aromatic carbocycles. The predicted octanol–water partition coefficient (Wildman–Crippen LogP) is 4.38. The van der Waals surface area contributed by atoms with E-state index in [2.05, 4.69) is 9.97 Å². The van der Waals surface area contributed by atoms with Crippen molar-refractivity contribution in [2.75, 3.05) is 13.1 Å². The second-order valence-corrected chi connectivity index (χ2v) is 5.74. The summed E-state index contributed by atoms with van der Waals surface area (Å²) in [5.41, 5.74) is 1.13. The summed E-state index contributed by atoms with van der Waals surface area (Å²) in [6, 6.07) is 8.18. The van der Waals surface area contributed by atoms with Gasteiger partial charge in [-0.1, -0.05) is 0 Å². The van der Waals surface area contributed by atoms with E-state index in [9.17, 15) is 8.78 Å². The quantitative estimate of drug-likeness (QED) is 0.619. The van der Waals surface area contributed by atoms with E-state index in [0.717, 1.165) is 10.5 Å². The zero-order valence-corrected chi connectivity index (χ0v) is 13.6. The smallest absolute Gasteiger partial charge is 0.243 e. The highest BCUT2D eigenvalue weighted by Crippen LogP contribution is 2.29. The van der Waals surface area contributed by atoms with Crippen molar-refractivity contribution in [3.8, 4) is 11.6 Å². The highest BCUT2D eigenvalue weighted by Gasteiger charge is 2.10. The molecule has 124 valence electrons. The van der Waals surface area contributed by atoms with Gasteiger partial charge in [-0.2, -0.15) is 0 Å². The highest BCUT2D eigenvalue weighted by atomic mass is 32.2. The van der Waals surface area contributed by atoms with Crippen LogP contribution in [0, 0.1) is 5.82 Å². The Morgan fingerprint density at radius 3 is 2.71 bits per heavy atom. The second-order valence-electron chi connectivity index (χ2n) is 4.86. The number of nitrogens with zero attached hydrogens (tertiary/aromatic N) is 2. The van der Waals surface area contributed by atoms with E-state index in [1.165, 1.54) is 36.3 Å². The summed E-state index contributed by atoms with van der Waals surface area (Å²) in [4.78, 5) is 8.95. The van der Waals surface area contributed by atoms with Crippen molar-refractivity contribution in [2.24, 2.45) is 0 Å². The van der Waals surface area contributed by atoms with Gasteiger partial charge in [-0.15, -0.1) is 11.8 Å². The van der Waals surface area contributed by atoms with E-state index in [-0.39, 0.29) is 18.3 Å². The average molecular weight is 348 g/mol. The number of hydrogen-bond acceptors (Lipinski definition) is 5. The molecule has 0 amide bonds. The molecule has 0 aliphatic heterocycles. The molecular formula is C17H14F2N2O2S. The molecule has 24 heavy (non-hydrogen) atoms. The first-order valence-corrected chi connectivity index (χ1v) is 8.32. The molecule has 0 N–H and O–H groups in total. The van der Waals surface area contributed by atoms with Crippen LogP contribution in [0.25, 0.3) is 10.9 Å². The Hall–Kier alpha value is -2.41. The third-order valence-corrected chi connectivity index (χ3v) is 4.05. The Morgan fingerprint density at radius 2 is 1.92 bits per heavy atom. The maximum absolute atomic E-state index is 13.6. The van der Waals surface area contributed by atoms with Gasteiger partial charge in [-0.25, -0.2) is 13.8 Å². The van der Waals surface area contributed by atoms with Gasteiger partial charge < -0.3 is 9.47 Å². The first-order valence-electron chi connectivity index (χ1n) is 7.10. The Balaban J connectivity index is 1.88. The van der Waals surface area contributed by atoms with Crippen LogP contribution in [-0.4, -0.2) is 23.1 Å². The maximum Gasteiger partial charge on any atom is 0.243 e. The van der Waals surface area contributed by atoms with Crippen LogP contribution in [-0.2, 0) is 6.61 Å². The van der Waals surface area contributed by atoms with E-state index in [1.807, 2.05) is 12.3 Å². The number of hydrogen-bond donors (Lipinski definition) is 0. The molecule has 3 rings (SSSR count). The SMILES string of the molecule is CSc1cc(F)cc(COc2ccnc3c(OCF)nccc23)c1. The minimum atomic E-state index is -0.986. The first-order chi connectivity index (χ1) is 11.7. The number of fused-ring (bicyclic) bond motifs is 1. The topological polar surface area (TPSA) is 44.2 Å². The number of pyridine rings is 2. The Bertz CT molecular complexity index is 861. The Morgan fingerprint density at radius 1 is 1.08 bits per heavy atom. The van der Waals surface area contributed by atoms with Crippen LogP contribution in [0.1, 0.15) is 5.56 Å². The fourth-order valence-electron chi connectivity index (χ4n) is 2.29. The second kappa shape index (κ2) is 7.44. The molecule has 0 aliphatic carbocycles. The van der Waals surface area contributed by atoms with Crippen LogP contribution in [0.3, 0.4) is 0 Å². The third-order valence-electron chi connectivity index (χ3n) is 3.34. The third kappa shape index (κ3) is 3.56. The zero-order chi connectivity index (χ0) is 16.9. The van der Waals surface area contributed by atoms with Crippen LogP contribution in [0.5, 0.6) is 11.6 Å². The number of thioether (sulfide) groups is 1. The first kappa shape index (κ1) is 16.4. The number of ether oxygens (including phenoxy) is 2. The molecule has 0 aliphatic rings. The summed E-state index contributed by atoms with van der Waals surface area (Å²) in [6.45, 7) is -0.786. The lowest BCUT2D eigenvalue weighted by molar-refractivity contribution is 0.187. The lowest BCUT2D eigenvalue weighted by atomic mass is 10.2. The van der Waals surface area contributed by atoms with E-state index in [4.69, 9.17) is 9.47 Å². The van der Waals surface area contributed by atoms with Gasteiger partial charge in [0.05, 0.1) is 0 Å². The molecule has 0 spiro atoms. The van der Waals surface area contributed by atoms with Crippen molar-refractivity contribution in [1.29, 1.82) is 0 Å². The minimum absolute atomic E-state index is 0.107. The highest BCUT2D eigenvalue weighted by molar-refractivity contribution is 7.98. The van der Waals surface area contributed by atoms with Gasteiger partial charge in [-0.05, 0) is 42.2 Å². The number of aromatic nitrogens is 2. The van der Waals surface area contributed by atoms with Gasteiger partial charge in [0.2, 0.25) is 12.7 Å². The number of halogens is 2. The number of benzene rings is 1. The molecule has 2 aromatic heterocycles. The molecule has 3 aromatic rings. The lowest BCUT2D eigenvalue weighted by Gasteiger charge is -2.11. The van der Waals surface area contributed by atoms with Gasteiger partial charge in [0.15, 0.2) is 0 Å². The van der Waals surface area contributed by atoms with E-state index in [0.29, 0.717) is 16.7 Å². The lowest BCUT2D eigenvalue weighted by Crippen LogP contribution is -1.99. The minimum Gasteiger partial charge on any atom is -0.488 e.